The third kappa shape index (κ3) is 8.89. The molecule has 9 nitrogen and oxygen atoms in total. The van der Waals surface area contributed by atoms with E-state index in [0.717, 1.165) is 90.1 Å². The van der Waals surface area contributed by atoms with Crippen LogP contribution < -0.4 is 0 Å². The summed E-state index contributed by atoms with van der Waals surface area (Å²) in [5.41, 5.74) is 19.0. The molecule has 1 aliphatic rings. The number of aromatic nitrogens is 7. The van der Waals surface area contributed by atoms with Crippen LogP contribution in [-0.4, -0.2) is 34.5 Å². The molecule has 0 N–H and O–H groups in total. The normalized spacial score (nSPS) is 11.8. The van der Waals surface area contributed by atoms with Gasteiger partial charge in [-0.25, -0.2) is 19.9 Å². The molecule has 1 aliphatic carbocycles. The number of benzene rings is 10. The van der Waals surface area contributed by atoms with Gasteiger partial charge in [-0.15, -0.1) is 0 Å². The summed E-state index contributed by atoms with van der Waals surface area (Å²) < 4.78 is 14.3. The average molecular weight is 1110 g/mol. The van der Waals surface area contributed by atoms with Crippen molar-refractivity contribution in [3.63, 3.8) is 0 Å². The highest BCUT2D eigenvalue weighted by Crippen LogP contribution is 2.41. The Bertz CT molecular complexity index is 5410. The van der Waals surface area contributed by atoms with E-state index in [1.165, 1.54) is 54.6 Å². The largest absolute Gasteiger partial charge is 0.436 e. The van der Waals surface area contributed by atoms with Gasteiger partial charge in [-0.3, -0.25) is 14.5 Å². The van der Waals surface area contributed by atoms with Crippen molar-refractivity contribution < 1.29 is 8.83 Å². The monoisotopic (exact) mass is 1110 g/mol. The highest BCUT2D eigenvalue weighted by Gasteiger charge is 2.23. The Morgan fingerprint density at radius 2 is 0.847 bits per heavy atom. The molecule has 0 aliphatic heterocycles. The van der Waals surface area contributed by atoms with E-state index in [1.807, 2.05) is 115 Å². The van der Waals surface area contributed by atoms with E-state index in [2.05, 4.69) is 170 Å². The first kappa shape index (κ1) is 49.7. The van der Waals surface area contributed by atoms with E-state index >= 15 is 0 Å². The van der Waals surface area contributed by atoms with E-state index in [9.17, 15) is 0 Å². The maximum absolute atomic E-state index is 6.42. The van der Waals surface area contributed by atoms with Crippen LogP contribution in [0.5, 0.6) is 0 Å². The van der Waals surface area contributed by atoms with Crippen molar-refractivity contribution in [2.75, 3.05) is 0 Å². The number of nitrogens with zero attached hydrogens (tertiary/aromatic N) is 7. The van der Waals surface area contributed by atoms with Crippen molar-refractivity contribution in [3.05, 3.63) is 283 Å². The Balaban J connectivity index is 0.000000116. The molecule has 18 rings (SSSR count). The molecule has 0 atom stereocenters. The molecule has 0 fully saturated rings. The minimum atomic E-state index is 0.356. The number of hydrogen-bond donors (Lipinski definition) is 0. The van der Waals surface area contributed by atoms with Crippen LogP contribution in [0.2, 0.25) is 5.15 Å². The first-order valence-electron chi connectivity index (χ1n) is 28.1. The van der Waals surface area contributed by atoms with Crippen molar-refractivity contribution in [2.24, 2.45) is 0 Å². The molecule has 0 spiro atoms. The first-order valence-corrected chi connectivity index (χ1v) is 28.5. The van der Waals surface area contributed by atoms with Crippen molar-refractivity contribution in [1.29, 1.82) is 0 Å². The fourth-order valence-electron chi connectivity index (χ4n) is 11.9. The minimum Gasteiger partial charge on any atom is -0.436 e. The van der Waals surface area contributed by atoms with Gasteiger partial charge in [0.05, 0.1) is 22.4 Å². The van der Waals surface area contributed by atoms with Crippen molar-refractivity contribution in [1.82, 2.24) is 34.5 Å². The Kier molecular flexibility index (Phi) is 12.1. The second kappa shape index (κ2) is 20.7. The van der Waals surface area contributed by atoms with Crippen LogP contribution in [0.25, 0.3) is 150 Å². The van der Waals surface area contributed by atoms with Gasteiger partial charge in [0.2, 0.25) is 11.4 Å². The molecule has 0 unspecified atom stereocenters. The molecular formula is C75H46ClN7O2. The predicted molar refractivity (Wildman–Crippen MR) is 345 cm³/mol. The van der Waals surface area contributed by atoms with Crippen molar-refractivity contribution >= 4 is 99.4 Å². The second-order valence-electron chi connectivity index (χ2n) is 21.1. The van der Waals surface area contributed by atoms with Crippen molar-refractivity contribution in [2.45, 2.75) is 6.42 Å². The SMILES string of the molecule is Clc1nc2c(nc1-c1ccc(-c3ccccn3)cc1)oc1ccccc12.c1ccc(-c2ccc(-c3nc4oc5ccccc5c4nc3-n3c4ccccc4c4cc5ccccc5cc43)cc2)nc1.c1ccc2c(c1)Cc1cc3ccccc3cc1-2. The number of rotatable bonds is 5. The van der Waals surface area contributed by atoms with E-state index < -0.39 is 0 Å². The fourth-order valence-corrected chi connectivity index (χ4v) is 12.2. The number of hydrogen-bond acceptors (Lipinski definition) is 8. The smallest absolute Gasteiger partial charge is 0.247 e. The molecule has 10 heteroatoms. The summed E-state index contributed by atoms with van der Waals surface area (Å²) in [5, 5.41) is 9.64. The van der Waals surface area contributed by atoms with Gasteiger partial charge in [0, 0.05) is 56.2 Å². The van der Waals surface area contributed by atoms with Crippen LogP contribution >= 0.6 is 11.6 Å². The third-order valence-electron chi connectivity index (χ3n) is 16.0. The van der Waals surface area contributed by atoms with E-state index in [4.69, 9.17) is 30.4 Å². The minimum absolute atomic E-state index is 0.356. The van der Waals surface area contributed by atoms with Crippen LogP contribution in [0.3, 0.4) is 0 Å². The fraction of sp³-hybridized carbons (Fsp3) is 0.0133. The second-order valence-corrected chi connectivity index (χ2v) is 21.5. The molecular weight excluding hydrogens is 1070 g/mol. The van der Waals surface area contributed by atoms with E-state index in [0.29, 0.717) is 27.8 Å². The van der Waals surface area contributed by atoms with Gasteiger partial charge in [0.15, 0.2) is 11.0 Å². The van der Waals surface area contributed by atoms with Gasteiger partial charge in [0.1, 0.15) is 33.6 Å². The van der Waals surface area contributed by atoms with Crippen molar-refractivity contribution in [3.8, 4) is 62.0 Å². The number of furan rings is 2. The highest BCUT2D eigenvalue weighted by molar-refractivity contribution is 6.32. The molecule has 0 radical (unpaired) electrons. The molecule has 7 heterocycles. The predicted octanol–water partition coefficient (Wildman–Crippen LogP) is 19.5. The number of pyridine rings is 2. The molecule has 0 saturated heterocycles. The zero-order valence-corrected chi connectivity index (χ0v) is 46.2. The van der Waals surface area contributed by atoms with Gasteiger partial charge >= 0.3 is 0 Å². The van der Waals surface area contributed by atoms with Crippen LogP contribution in [0.4, 0.5) is 0 Å². The summed E-state index contributed by atoms with van der Waals surface area (Å²) >= 11 is 6.42. The maximum atomic E-state index is 6.42. The first-order chi connectivity index (χ1) is 42.0. The lowest BCUT2D eigenvalue weighted by Gasteiger charge is -2.13. The maximum Gasteiger partial charge on any atom is 0.247 e. The van der Waals surface area contributed by atoms with Gasteiger partial charge in [-0.1, -0.05) is 194 Å². The average Bonchev–Trinajstić information content (AvgIpc) is 2.32. The van der Waals surface area contributed by atoms with Gasteiger partial charge in [-0.05, 0) is 123 Å². The zero-order chi connectivity index (χ0) is 56.4. The Morgan fingerprint density at radius 3 is 1.48 bits per heavy atom. The molecule has 10 aromatic carbocycles. The van der Waals surface area contributed by atoms with Crippen LogP contribution in [0.15, 0.2) is 276 Å². The van der Waals surface area contributed by atoms with Gasteiger partial charge in [-0.2, -0.15) is 0 Å². The zero-order valence-electron chi connectivity index (χ0n) is 45.4. The van der Waals surface area contributed by atoms with Crippen LogP contribution in [0, 0.1) is 0 Å². The summed E-state index contributed by atoms with van der Waals surface area (Å²) in [5.74, 6) is 0.765. The summed E-state index contributed by atoms with van der Waals surface area (Å²) in [7, 11) is 0. The van der Waals surface area contributed by atoms with Gasteiger partial charge in [0.25, 0.3) is 0 Å². The third-order valence-corrected chi connectivity index (χ3v) is 16.3. The highest BCUT2D eigenvalue weighted by atomic mass is 35.5. The molecule has 7 aromatic heterocycles. The Hall–Kier alpha value is -11.1. The number of halogens is 1. The number of para-hydroxylation sites is 3. The summed E-state index contributed by atoms with van der Waals surface area (Å²) in [6.07, 6.45) is 4.67. The summed E-state index contributed by atoms with van der Waals surface area (Å²) in [4.78, 5) is 28.5. The standard InChI is InChI=1S/C37H22N4O.C21H12ClN3O.C17H12/c1-2-10-26-22-32-29(21-25(26)9-1)27-11-3-5-14-31(27)41(32)36-34(24-18-16-23(17-19-24)30-13-7-8-20-38-30)40-37-35(39-36)28-12-4-6-15-33(28)42-37;22-20-18(14-10-8-13(9-11-14)16-6-3-4-12-23-16)25-21-19(24-20)15-5-1-2-7-17(15)26-21;1-2-6-13-11-17-15(9-12(13)5-1)10-14-7-3-4-8-16(14)17/h1-22H;1-12H;1-9,11H,10H2. The van der Waals surface area contributed by atoms with Crippen LogP contribution in [-0.2, 0) is 6.42 Å². The molecule has 85 heavy (non-hydrogen) atoms. The van der Waals surface area contributed by atoms with Crippen LogP contribution in [0.1, 0.15) is 11.1 Å². The molecule has 0 saturated carbocycles. The summed E-state index contributed by atoms with van der Waals surface area (Å²) in [6, 6.07) is 87.3. The quantitative estimate of drug-likeness (QED) is 0.168. The molecule has 400 valence electrons. The topological polar surface area (TPSA) is 109 Å². The molecule has 0 bridgehead atoms. The van der Waals surface area contributed by atoms with Gasteiger partial charge < -0.3 is 8.83 Å². The van der Waals surface area contributed by atoms with E-state index in [1.54, 1.807) is 6.20 Å². The lowest BCUT2D eigenvalue weighted by molar-refractivity contribution is 0.653. The molecule has 17 aromatic rings. The Morgan fingerprint density at radius 1 is 0.353 bits per heavy atom. The molecule has 0 amide bonds. The lowest BCUT2D eigenvalue weighted by atomic mass is 10.0. The lowest BCUT2D eigenvalue weighted by Crippen LogP contribution is -2.03. The Labute approximate surface area is 491 Å². The summed E-state index contributed by atoms with van der Waals surface area (Å²) in [6.45, 7) is 0. The van der Waals surface area contributed by atoms with E-state index in [-0.39, 0.29) is 0 Å². The number of fused-ring (bicyclic) bond motifs is 14.